The van der Waals surface area contributed by atoms with Crippen molar-refractivity contribution in [3.63, 3.8) is 0 Å². The van der Waals surface area contributed by atoms with Crippen LogP contribution in [-0.2, 0) is 16.2 Å². The monoisotopic (exact) mass is 896 g/mol. The minimum atomic E-state index is -0.120. The molecule has 68 heavy (non-hydrogen) atoms. The van der Waals surface area contributed by atoms with Crippen molar-refractivity contribution in [2.24, 2.45) is 0 Å². The molecule has 1 aliphatic carbocycles. The van der Waals surface area contributed by atoms with E-state index in [4.69, 9.17) is 8.83 Å². The van der Waals surface area contributed by atoms with Crippen LogP contribution in [0.3, 0.4) is 0 Å². The molecule has 0 saturated heterocycles. The highest BCUT2D eigenvalue weighted by molar-refractivity contribution is 7.22. The fraction of sp³-hybridized carbons (Fsp3) is 0.194. The number of benzene rings is 8. The highest BCUT2D eigenvalue weighted by atomic mass is 32.1. The van der Waals surface area contributed by atoms with Crippen molar-refractivity contribution < 1.29 is 8.83 Å². The maximum Gasteiger partial charge on any atom is 0.333 e. The molecule has 3 aliphatic rings. The van der Waals surface area contributed by atoms with Crippen molar-refractivity contribution in [3.05, 3.63) is 162 Å². The molecule has 0 unspecified atom stereocenters. The van der Waals surface area contributed by atoms with Crippen LogP contribution in [0.25, 0.3) is 103 Å². The van der Waals surface area contributed by atoms with Crippen molar-refractivity contribution in [3.8, 4) is 27.3 Å². The summed E-state index contributed by atoms with van der Waals surface area (Å²) in [6.07, 6.45) is 2.33. The van der Waals surface area contributed by atoms with Crippen LogP contribution in [0.5, 0.6) is 0 Å². The molecule has 12 aromatic rings. The van der Waals surface area contributed by atoms with Gasteiger partial charge >= 0.3 is 6.85 Å². The Morgan fingerprint density at radius 3 is 2.04 bits per heavy atom. The number of hydrogen-bond donors (Lipinski definition) is 0. The van der Waals surface area contributed by atoms with Gasteiger partial charge in [0, 0.05) is 70.6 Å². The molecule has 8 aromatic carbocycles. The molecule has 328 valence electrons. The number of anilines is 2. The van der Waals surface area contributed by atoms with E-state index >= 15 is 0 Å². The van der Waals surface area contributed by atoms with Gasteiger partial charge in [-0.05, 0) is 134 Å². The Morgan fingerprint density at radius 1 is 0.559 bits per heavy atom. The molecular weight excluding hydrogens is 848 g/mol. The third kappa shape index (κ3) is 5.16. The predicted octanol–water partition coefficient (Wildman–Crippen LogP) is 16.3. The first-order valence-corrected chi connectivity index (χ1v) is 25.1. The summed E-state index contributed by atoms with van der Waals surface area (Å²) in [5, 5.41) is 8.42. The van der Waals surface area contributed by atoms with E-state index in [2.05, 4.69) is 203 Å². The van der Waals surface area contributed by atoms with E-state index in [1.807, 2.05) is 11.3 Å². The lowest BCUT2D eigenvalue weighted by Gasteiger charge is -2.42. The molecule has 15 rings (SSSR count). The number of hydrogen-bond acceptors (Lipinski definition) is 4. The van der Waals surface area contributed by atoms with E-state index in [0.717, 1.165) is 51.5 Å². The van der Waals surface area contributed by atoms with Crippen molar-refractivity contribution in [1.82, 2.24) is 4.57 Å². The van der Waals surface area contributed by atoms with Crippen LogP contribution in [-0.4, -0.2) is 11.4 Å². The van der Waals surface area contributed by atoms with Crippen LogP contribution in [0.1, 0.15) is 78.0 Å². The number of aromatic nitrogens is 1. The van der Waals surface area contributed by atoms with Crippen molar-refractivity contribution in [2.45, 2.75) is 77.6 Å². The third-order valence-corrected chi connectivity index (χ3v) is 17.5. The average Bonchev–Trinajstić information content (AvgIpc) is 4.10. The van der Waals surface area contributed by atoms with Gasteiger partial charge in [-0.1, -0.05) is 127 Å². The summed E-state index contributed by atoms with van der Waals surface area (Å²) in [6, 6.07) is 55.3. The van der Waals surface area contributed by atoms with Crippen LogP contribution in [0.4, 0.5) is 11.4 Å². The van der Waals surface area contributed by atoms with E-state index < -0.39 is 0 Å². The quantitative estimate of drug-likeness (QED) is 0.162. The van der Waals surface area contributed by atoms with Crippen LogP contribution in [0.2, 0.25) is 0 Å². The van der Waals surface area contributed by atoms with E-state index in [1.165, 1.54) is 103 Å². The molecule has 0 fully saturated rings. The summed E-state index contributed by atoms with van der Waals surface area (Å²) in [4.78, 5) is 3.95. The maximum absolute atomic E-state index is 7.04. The van der Waals surface area contributed by atoms with Crippen molar-refractivity contribution in [2.75, 3.05) is 4.81 Å². The highest BCUT2D eigenvalue weighted by Gasteiger charge is 2.45. The number of para-hydroxylation sites is 1. The second-order valence-electron chi connectivity index (χ2n) is 22.3. The number of rotatable bonds is 2. The Balaban J connectivity index is 1.08. The summed E-state index contributed by atoms with van der Waals surface area (Å²) < 4.78 is 17.5. The van der Waals surface area contributed by atoms with E-state index in [1.54, 1.807) is 0 Å². The molecule has 4 nitrogen and oxygen atoms in total. The van der Waals surface area contributed by atoms with Gasteiger partial charge in [-0.3, -0.25) is 0 Å². The molecule has 6 heteroatoms. The van der Waals surface area contributed by atoms with Gasteiger partial charge in [0.25, 0.3) is 0 Å². The topological polar surface area (TPSA) is 34.5 Å². The number of fused-ring (bicyclic) bond motifs is 16. The molecule has 2 aliphatic heterocycles. The third-order valence-electron chi connectivity index (χ3n) is 16.4. The molecule has 4 aromatic heterocycles. The molecule has 0 N–H and O–H groups in total. The van der Waals surface area contributed by atoms with E-state index in [-0.39, 0.29) is 23.1 Å². The molecule has 6 heterocycles. The molecule has 0 atom stereocenters. The van der Waals surface area contributed by atoms with Crippen LogP contribution < -0.4 is 15.7 Å². The largest absolute Gasteiger partial charge is 0.456 e. The van der Waals surface area contributed by atoms with Gasteiger partial charge in [0.05, 0.1) is 11.0 Å². The zero-order chi connectivity index (χ0) is 45.7. The SMILES string of the molecule is CC(C)(C)c1ccc(N2B3c4cc5cc(-c6ccccc6)sc5cc4-n4c5cc6oc7ccccc7c6cc5c5ccc(c3c54)-c3cc4oc5cc6c(cc5c4cc32)C(C)(C)CCC6(C)C)cc1. The Kier molecular flexibility index (Phi) is 7.43. The Hall–Kier alpha value is -7.02. The summed E-state index contributed by atoms with van der Waals surface area (Å²) in [5.41, 5.74) is 20.4. The first-order chi connectivity index (χ1) is 32.8. The van der Waals surface area contributed by atoms with Gasteiger partial charge in [-0.25, -0.2) is 0 Å². The fourth-order valence-electron chi connectivity index (χ4n) is 12.6. The zero-order valence-corrected chi connectivity index (χ0v) is 40.3. The lowest BCUT2D eigenvalue weighted by atomic mass is 9.44. The Labute approximate surface area is 399 Å². The summed E-state index contributed by atoms with van der Waals surface area (Å²) in [5.74, 6) is 0. The van der Waals surface area contributed by atoms with Gasteiger partial charge in [0.1, 0.15) is 22.3 Å². The van der Waals surface area contributed by atoms with Crippen LogP contribution in [0.15, 0.2) is 154 Å². The van der Waals surface area contributed by atoms with E-state index in [9.17, 15) is 0 Å². The maximum atomic E-state index is 7.04. The average molecular weight is 897 g/mol. The van der Waals surface area contributed by atoms with Crippen molar-refractivity contribution >= 4 is 116 Å². The molecule has 0 amide bonds. The summed E-state index contributed by atoms with van der Waals surface area (Å²) in [6.45, 7) is 16.4. The van der Waals surface area contributed by atoms with Gasteiger partial charge in [-0.2, -0.15) is 0 Å². The lowest BCUT2D eigenvalue weighted by Crippen LogP contribution is -2.60. The van der Waals surface area contributed by atoms with Crippen LogP contribution >= 0.6 is 11.3 Å². The van der Waals surface area contributed by atoms with Crippen LogP contribution in [0, 0.1) is 0 Å². The van der Waals surface area contributed by atoms with Gasteiger partial charge in [-0.15, -0.1) is 11.3 Å². The first kappa shape index (κ1) is 39.0. The van der Waals surface area contributed by atoms with Gasteiger partial charge in [0.15, 0.2) is 0 Å². The first-order valence-electron chi connectivity index (χ1n) is 24.3. The number of nitrogens with zero attached hydrogens (tertiary/aromatic N) is 2. The van der Waals surface area contributed by atoms with Gasteiger partial charge < -0.3 is 18.2 Å². The zero-order valence-electron chi connectivity index (χ0n) is 39.5. The Morgan fingerprint density at radius 2 is 1.25 bits per heavy atom. The highest BCUT2D eigenvalue weighted by Crippen LogP contribution is 2.52. The molecule has 0 radical (unpaired) electrons. The second-order valence-corrected chi connectivity index (χ2v) is 23.4. The predicted molar refractivity (Wildman–Crippen MR) is 289 cm³/mol. The fourth-order valence-corrected chi connectivity index (χ4v) is 13.7. The second kappa shape index (κ2) is 12.9. The van der Waals surface area contributed by atoms with E-state index in [0.29, 0.717) is 0 Å². The van der Waals surface area contributed by atoms with Gasteiger partial charge in [0.2, 0.25) is 0 Å². The number of furan rings is 2. The minimum Gasteiger partial charge on any atom is -0.456 e. The molecular formula is C62H49BN2O2S. The smallest absolute Gasteiger partial charge is 0.333 e. The molecule has 0 spiro atoms. The van der Waals surface area contributed by atoms with Crippen molar-refractivity contribution in [1.29, 1.82) is 0 Å². The Bertz CT molecular complexity index is 4190. The lowest BCUT2D eigenvalue weighted by molar-refractivity contribution is 0.332. The number of thiophene rings is 1. The summed E-state index contributed by atoms with van der Waals surface area (Å²) in [7, 11) is 0. The normalized spacial score (nSPS) is 15.9. The molecule has 0 saturated carbocycles. The summed E-state index contributed by atoms with van der Waals surface area (Å²) >= 11 is 1.88. The minimum absolute atomic E-state index is 0.0182. The molecule has 0 bridgehead atoms. The standard InChI is InChI=1S/C62H49BN2O2S/c1-60(2,3)36-17-19-37(20-18-36)65-50-29-45-44-28-46-47(62(6,7)24-23-61(46,4)5)31-54(44)67-53(45)30-42(50)39-21-22-40-41-27-43-38-15-11-12-16-52(38)66-55(43)32-49(41)64-51-33-57-35(25-48(51)63(65)58(39)59(40)64)26-56(68-57)34-13-9-8-10-14-34/h8-22,25-33H,23-24H2,1-7H3.